The smallest absolute Gasteiger partial charge is 0.250 e. The number of thioether (sulfide) groups is 2. The number of hydrogen-bond donors (Lipinski definition) is 1. The Bertz CT molecular complexity index is 1300. The van der Waals surface area contributed by atoms with Gasteiger partial charge in [-0.1, -0.05) is 53.7 Å². The van der Waals surface area contributed by atoms with Crippen LogP contribution >= 0.6 is 23.5 Å². The van der Waals surface area contributed by atoms with Crippen LogP contribution in [-0.2, 0) is 4.79 Å². The Labute approximate surface area is 213 Å². The Morgan fingerprint density at radius 3 is 2.40 bits per heavy atom. The summed E-state index contributed by atoms with van der Waals surface area (Å²) in [6.45, 7) is 2.04. The monoisotopic (exact) mass is 503 g/mol. The van der Waals surface area contributed by atoms with Crippen LogP contribution < -0.4 is 10.2 Å². The molecule has 0 bridgehead atoms. The molecular weight excluding hydrogens is 478 g/mol. The first-order valence-corrected chi connectivity index (χ1v) is 13.0. The van der Waals surface area contributed by atoms with Gasteiger partial charge in [-0.2, -0.15) is 5.10 Å². The molecule has 0 atom stereocenters. The van der Waals surface area contributed by atoms with Crippen molar-refractivity contribution in [2.24, 2.45) is 5.10 Å². The van der Waals surface area contributed by atoms with E-state index in [2.05, 4.69) is 20.7 Å². The fraction of sp³-hybridized carbons (Fsp3) is 0.154. The first-order valence-electron chi connectivity index (χ1n) is 10.8. The number of hydrazone groups is 1. The van der Waals surface area contributed by atoms with Crippen LogP contribution in [0.3, 0.4) is 0 Å². The molecule has 0 fully saturated rings. The molecule has 7 nitrogen and oxygen atoms in total. The molecule has 0 unspecified atom stereocenters. The normalized spacial score (nSPS) is 11.1. The number of ether oxygens (including phenoxy) is 1. The second-order valence-electron chi connectivity index (χ2n) is 7.56. The molecule has 1 amide bonds. The molecule has 178 valence electrons. The van der Waals surface area contributed by atoms with Crippen molar-refractivity contribution in [3.63, 3.8) is 0 Å². The summed E-state index contributed by atoms with van der Waals surface area (Å²) < 4.78 is 7.23. The van der Waals surface area contributed by atoms with Crippen LogP contribution in [0.5, 0.6) is 5.75 Å². The molecule has 1 aromatic heterocycles. The lowest BCUT2D eigenvalue weighted by atomic mass is 10.1. The summed E-state index contributed by atoms with van der Waals surface area (Å²) in [5.41, 5.74) is 6.47. The van der Waals surface area contributed by atoms with Gasteiger partial charge in [-0.3, -0.25) is 9.36 Å². The summed E-state index contributed by atoms with van der Waals surface area (Å²) in [5.74, 6) is 1.37. The van der Waals surface area contributed by atoms with Crippen LogP contribution in [0.1, 0.15) is 11.1 Å². The van der Waals surface area contributed by atoms with Gasteiger partial charge in [-0.25, -0.2) is 5.43 Å². The van der Waals surface area contributed by atoms with Gasteiger partial charge in [-0.15, -0.1) is 22.0 Å². The number of nitrogens with zero attached hydrogens (tertiary/aromatic N) is 4. The lowest BCUT2D eigenvalue weighted by Gasteiger charge is -2.11. The van der Waals surface area contributed by atoms with Crippen LogP contribution in [-0.4, -0.2) is 46.0 Å². The Balaban J connectivity index is 1.49. The number of aryl methyl sites for hydroxylation is 1. The van der Waals surface area contributed by atoms with Crippen LogP contribution in [0.15, 0.2) is 87.9 Å². The number of aromatic nitrogens is 3. The molecule has 3 aromatic carbocycles. The van der Waals surface area contributed by atoms with Crippen molar-refractivity contribution in [3.05, 3.63) is 83.9 Å². The van der Waals surface area contributed by atoms with Gasteiger partial charge in [0, 0.05) is 16.1 Å². The molecule has 0 aliphatic heterocycles. The van der Waals surface area contributed by atoms with Gasteiger partial charge in [0.15, 0.2) is 11.0 Å². The molecule has 0 saturated heterocycles. The van der Waals surface area contributed by atoms with Gasteiger partial charge >= 0.3 is 0 Å². The molecule has 0 saturated carbocycles. The van der Waals surface area contributed by atoms with E-state index in [0.29, 0.717) is 11.0 Å². The Kier molecular flexibility index (Phi) is 8.23. The zero-order chi connectivity index (χ0) is 24.6. The summed E-state index contributed by atoms with van der Waals surface area (Å²) in [5, 5.41) is 13.5. The van der Waals surface area contributed by atoms with Gasteiger partial charge in [0.05, 0.1) is 19.1 Å². The molecule has 35 heavy (non-hydrogen) atoms. The summed E-state index contributed by atoms with van der Waals surface area (Å²) >= 11 is 2.98. The molecule has 1 heterocycles. The minimum Gasteiger partial charge on any atom is -0.497 e. The van der Waals surface area contributed by atoms with Crippen molar-refractivity contribution in [2.75, 3.05) is 19.1 Å². The fourth-order valence-electron chi connectivity index (χ4n) is 3.25. The standard InChI is InChI=1S/C26H25N5O2S2/c1-18-4-8-20(9-5-18)25-29-30-26(31(25)21-10-12-22(33-2)13-11-21)35-17-24(32)28-27-16-19-6-14-23(34-3)15-7-19/h4-16H,17H2,1-3H3,(H,28,32)/b27-16-. The Hall–Kier alpha value is -3.56. The number of benzene rings is 3. The van der Waals surface area contributed by atoms with E-state index >= 15 is 0 Å². The maximum Gasteiger partial charge on any atom is 0.250 e. The zero-order valence-electron chi connectivity index (χ0n) is 19.6. The van der Waals surface area contributed by atoms with Gasteiger partial charge in [-0.05, 0) is 55.1 Å². The van der Waals surface area contributed by atoms with Crippen molar-refractivity contribution < 1.29 is 9.53 Å². The van der Waals surface area contributed by atoms with E-state index in [1.807, 2.05) is 90.5 Å². The van der Waals surface area contributed by atoms with Crippen LogP contribution in [0, 0.1) is 6.92 Å². The van der Waals surface area contributed by atoms with Crippen molar-refractivity contribution in [1.29, 1.82) is 0 Å². The molecule has 1 N–H and O–H groups in total. The largest absolute Gasteiger partial charge is 0.497 e. The topological polar surface area (TPSA) is 81.4 Å². The van der Waals surface area contributed by atoms with Crippen molar-refractivity contribution in [1.82, 2.24) is 20.2 Å². The van der Waals surface area contributed by atoms with E-state index in [4.69, 9.17) is 4.74 Å². The number of carbonyl (C=O) groups is 1. The highest BCUT2D eigenvalue weighted by Crippen LogP contribution is 2.29. The minimum atomic E-state index is -0.229. The molecule has 0 aliphatic carbocycles. The van der Waals surface area contributed by atoms with E-state index < -0.39 is 0 Å². The Morgan fingerprint density at radius 2 is 1.74 bits per heavy atom. The summed E-state index contributed by atoms with van der Waals surface area (Å²) in [6.07, 6.45) is 3.65. The van der Waals surface area contributed by atoms with Gasteiger partial charge in [0.25, 0.3) is 5.91 Å². The Morgan fingerprint density at radius 1 is 1.03 bits per heavy atom. The van der Waals surface area contributed by atoms with E-state index in [9.17, 15) is 4.79 Å². The first kappa shape index (κ1) is 24.6. The second-order valence-corrected chi connectivity index (χ2v) is 9.38. The van der Waals surface area contributed by atoms with Crippen LogP contribution in [0.2, 0.25) is 0 Å². The van der Waals surface area contributed by atoms with Crippen LogP contribution in [0.25, 0.3) is 17.1 Å². The number of methoxy groups -OCH3 is 1. The zero-order valence-corrected chi connectivity index (χ0v) is 21.3. The number of hydrogen-bond acceptors (Lipinski definition) is 7. The molecule has 0 radical (unpaired) electrons. The van der Waals surface area contributed by atoms with Crippen molar-refractivity contribution >= 4 is 35.6 Å². The summed E-state index contributed by atoms with van der Waals surface area (Å²) in [4.78, 5) is 13.6. The predicted octanol–water partition coefficient (Wildman–Crippen LogP) is 5.22. The SMILES string of the molecule is COc1ccc(-n2c(SCC(=O)N/N=C\c3ccc(SC)cc3)nnc2-c2ccc(C)cc2)cc1. The maximum atomic E-state index is 12.4. The third-order valence-electron chi connectivity index (χ3n) is 5.12. The highest BCUT2D eigenvalue weighted by Gasteiger charge is 2.17. The molecule has 4 rings (SSSR count). The highest BCUT2D eigenvalue weighted by atomic mass is 32.2. The lowest BCUT2D eigenvalue weighted by Crippen LogP contribution is -2.20. The van der Waals surface area contributed by atoms with Gasteiger partial charge in [0.1, 0.15) is 5.75 Å². The molecule has 0 aliphatic rings. The number of amides is 1. The van der Waals surface area contributed by atoms with E-state index in [1.54, 1.807) is 25.1 Å². The number of rotatable bonds is 9. The average Bonchev–Trinajstić information content (AvgIpc) is 3.32. The van der Waals surface area contributed by atoms with Gasteiger partial charge in [0.2, 0.25) is 0 Å². The summed E-state index contributed by atoms with van der Waals surface area (Å²) in [7, 11) is 1.63. The second kappa shape index (κ2) is 11.7. The molecule has 4 aromatic rings. The van der Waals surface area contributed by atoms with Crippen LogP contribution in [0.4, 0.5) is 0 Å². The number of nitrogens with one attached hydrogen (secondary N) is 1. The molecule has 9 heteroatoms. The van der Waals surface area contributed by atoms with E-state index in [-0.39, 0.29) is 11.7 Å². The van der Waals surface area contributed by atoms with Gasteiger partial charge < -0.3 is 4.74 Å². The number of carbonyl (C=O) groups excluding carboxylic acids is 1. The lowest BCUT2D eigenvalue weighted by molar-refractivity contribution is -0.118. The highest BCUT2D eigenvalue weighted by molar-refractivity contribution is 7.99. The molecular formula is C26H25N5O2S2. The average molecular weight is 504 g/mol. The van der Waals surface area contributed by atoms with E-state index in [1.165, 1.54) is 16.7 Å². The molecule has 0 spiro atoms. The third-order valence-corrected chi connectivity index (χ3v) is 6.80. The minimum absolute atomic E-state index is 0.144. The van der Waals surface area contributed by atoms with Crippen molar-refractivity contribution in [3.8, 4) is 22.8 Å². The summed E-state index contributed by atoms with van der Waals surface area (Å²) in [6, 6.07) is 23.7. The third kappa shape index (κ3) is 6.32. The first-order chi connectivity index (χ1) is 17.1. The van der Waals surface area contributed by atoms with E-state index in [0.717, 1.165) is 28.1 Å². The van der Waals surface area contributed by atoms with Crippen molar-refractivity contribution in [2.45, 2.75) is 17.0 Å². The maximum absolute atomic E-state index is 12.4. The quantitative estimate of drug-likeness (QED) is 0.192. The fourth-order valence-corrected chi connectivity index (χ4v) is 4.40. The predicted molar refractivity (Wildman–Crippen MR) is 143 cm³/mol.